The molecule has 0 radical (unpaired) electrons. The number of hydrogen-bond acceptors (Lipinski definition) is 4. The average Bonchev–Trinajstić information content (AvgIpc) is 2.30. The van der Waals surface area contributed by atoms with Gasteiger partial charge in [0.2, 0.25) is 0 Å². The second-order valence-corrected chi connectivity index (χ2v) is 3.40. The Balaban J connectivity index is 2.56. The van der Waals surface area contributed by atoms with E-state index in [9.17, 15) is 4.79 Å². The summed E-state index contributed by atoms with van der Waals surface area (Å²) in [5.74, 6) is 0.368. The van der Waals surface area contributed by atoms with Crippen LogP contribution in [0.2, 0.25) is 0 Å². The van der Waals surface area contributed by atoms with Crippen LogP contribution in [0.15, 0.2) is 24.3 Å². The highest BCUT2D eigenvalue weighted by atomic mass is 16.5. The predicted molar refractivity (Wildman–Crippen MR) is 63.6 cm³/mol. The van der Waals surface area contributed by atoms with Crippen LogP contribution in [-0.4, -0.2) is 37.4 Å². The molecule has 0 aromatic heterocycles. The van der Waals surface area contributed by atoms with Gasteiger partial charge in [-0.15, -0.1) is 0 Å². The zero-order chi connectivity index (χ0) is 12.7. The van der Waals surface area contributed by atoms with E-state index in [2.05, 4.69) is 5.32 Å². The minimum Gasteiger partial charge on any atom is -0.494 e. The van der Waals surface area contributed by atoms with Crippen molar-refractivity contribution in [2.45, 2.75) is 13.0 Å². The lowest BCUT2D eigenvalue weighted by Gasteiger charge is -2.13. The Labute approximate surface area is 100 Å². The third kappa shape index (κ3) is 4.32. The first-order valence-electron chi connectivity index (χ1n) is 5.43. The van der Waals surface area contributed by atoms with Crippen LogP contribution in [0.25, 0.3) is 0 Å². The first-order chi connectivity index (χ1) is 8.17. The standard InChI is InChI=1S/C12H17NO4/c1-3-16-9-5-4-6-10(7-9)17-8-11(13-2)12(14)15/h4-7,11,13H,3,8H2,1-2H3,(H,14,15). The lowest BCUT2D eigenvalue weighted by Crippen LogP contribution is -2.39. The van der Waals surface area contributed by atoms with Crippen LogP contribution in [0.5, 0.6) is 11.5 Å². The van der Waals surface area contributed by atoms with Crippen molar-refractivity contribution >= 4 is 5.97 Å². The van der Waals surface area contributed by atoms with Crippen molar-refractivity contribution in [3.8, 4) is 11.5 Å². The van der Waals surface area contributed by atoms with Crippen LogP contribution < -0.4 is 14.8 Å². The van der Waals surface area contributed by atoms with E-state index in [1.165, 1.54) is 0 Å². The molecule has 0 aliphatic rings. The molecule has 0 fully saturated rings. The maximum Gasteiger partial charge on any atom is 0.324 e. The number of carbonyl (C=O) groups is 1. The third-order valence-electron chi connectivity index (χ3n) is 2.18. The average molecular weight is 239 g/mol. The van der Waals surface area contributed by atoms with E-state index >= 15 is 0 Å². The van der Waals surface area contributed by atoms with Crippen LogP contribution >= 0.6 is 0 Å². The van der Waals surface area contributed by atoms with E-state index in [0.29, 0.717) is 18.1 Å². The van der Waals surface area contributed by atoms with Gasteiger partial charge in [0.15, 0.2) is 0 Å². The molecule has 0 spiro atoms. The lowest BCUT2D eigenvalue weighted by molar-refractivity contribution is -0.140. The molecule has 0 aliphatic carbocycles. The van der Waals surface area contributed by atoms with Gasteiger partial charge in [0.25, 0.3) is 0 Å². The molecule has 1 unspecified atom stereocenters. The molecule has 1 rings (SSSR count). The molecular formula is C12H17NO4. The second-order valence-electron chi connectivity index (χ2n) is 3.40. The largest absolute Gasteiger partial charge is 0.494 e. The van der Waals surface area contributed by atoms with Gasteiger partial charge < -0.3 is 19.9 Å². The number of ether oxygens (including phenoxy) is 2. The Morgan fingerprint density at radius 1 is 1.41 bits per heavy atom. The molecule has 0 saturated carbocycles. The van der Waals surface area contributed by atoms with E-state index in [0.717, 1.165) is 0 Å². The minimum atomic E-state index is -0.937. The number of carboxylic acids is 1. The Hall–Kier alpha value is -1.75. The van der Waals surface area contributed by atoms with Gasteiger partial charge in [-0.3, -0.25) is 4.79 Å². The summed E-state index contributed by atoms with van der Waals surface area (Å²) >= 11 is 0. The van der Waals surface area contributed by atoms with E-state index in [1.807, 2.05) is 13.0 Å². The molecule has 1 aromatic rings. The SMILES string of the molecule is CCOc1cccc(OCC(NC)C(=O)O)c1. The first kappa shape index (κ1) is 13.3. The summed E-state index contributed by atoms with van der Waals surface area (Å²) in [4.78, 5) is 10.8. The molecule has 2 N–H and O–H groups in total. The minimum absolute atomic E-state index is 0.0708. The number of nitrogens with one attached hydrogen (secondary N) is 1. The van der Waals surface area contributed by atoms with E-state index in [-0.39, 0.29) is 6.61 Å². The van der Waals surface area contributed by atoms with Crippen molar-refractivity contribution in [2.24, 2.45) is 0 Å². The van der Waals surface area contributed by atoms with Gasteiger partial charge in [0.1, 0.15) is 24.1 Å². The van der Waals surface area contributed by atoms with Gasteiger partial charge in [-0.25, -0.2) is 0 Å². The van der Waals surface area contributed by atoms with Gasteiger partial charge in [-0.1, -0.05) is 6.07 Å². The number of likely N-dealkylation sites (N-methyl/N-ethyl adjacent to an activating group) is 1. The van der Waals surface area contributed by atoms with Crippen molar-refractivity contribution in [1.29, 1.82) is 0 Å². The maximum atomic E-state index is 10.8. The van der Waals surface area contributed by atoms with Gasteiger partial charge in [0, 0.05) is 6.07 Å². The highest BCUT2D eigenvalue weighted by Crippen LogP contribution is 2.19. The van der Waals surface area contributed by atoms with Crippen molar-refractivity contribution in [3.05, 3.63) is 24.3 Å². The fraction of sp³-hybridized carbons (Fsp3) is 0.417. The summed E-state index contributed by atoms with van der Waals surface area (Å²) in [7, 11) is 1.58. The zero-order valence-corrected chi connectivity index (χ0v) is 9.97. The number of carboxylic acid groups (broad SMARTS) is 1. The second kappa shape index (κ2) is 6.75. The first-order valence-corrected chi connectivity index (χ1v) is 5.43. The summed E-state index contributed by atoms with van der Waals surface area (Å²) in [5.41, 5.74) is 0. The van der Waals surface area contributed by atoms with Gasteiger partial charge >= 0.3 is 5.97 Å². The fourth-order valence-corrected chi connectivity index (χ4v) is 1.28. The summed E-state index contributed by atoms with van der Waals surface area (Å²) < 4.78 is 10.7. The van der Waals surface area contributed by atoms with Gasteiger partial charge in [-0.05, 0) is 26.1 Å². The topological polar surface area (TPSA) is 67.8 Å². The van der Waals surface area contributed by atoms with Crippen molar-refractivity contribution < 1.29 is 19.4 Å². The number of rotatable bonds is 7. The van der Waals surface area contributed by atoms with E-state index < -0.39 is 12.0 Å². The molecule has 0 heterocycles. The lowest BCUT2D eigenvalue weighted by atomic mass is 10.3. The summed E-state index contributed by atoms with van der Waals surface area (Å²) in [6.07, 6.45) is 0. The monoisotopic (exact) mass is 239 g/mol. The zero-order valence-electron chi connectivity index (χ0n) is 9.97. The predicted octanol–water partition coefficient (Wildman–Crippen LogP) is 1.14. The summed E-state index contributed by atoms with van der Waals surface area (Å²) in [6, 6.07) is 6.40. The van der Waals surface area contributed by atoms with Gasteiger partial charge in [-0.2, -0.15) is 0 Å². The third-order valence-corrected chi connectivity index (χ3v) is 2.18. The highest BCUT2D eigenvalue weighted by molar-refractivity contribution is 5.73. The Morgan fingerprint density at radius 3 is 2.59 bits per heavy atom. The molecule has 94 valence electrons. The molecule has 1 atom stereocenters. The van der Waals surface area contributed by atoms with Gasteiger partial charge in [0.05, 0.1) is 6.61 Å². The van der Waals surface area contributed by atoms with Crippen molar-refractivity contribution in [3.63, 3.8) is 0 Å². The molecule has 17 heavy (non-hydrogen) atoms. The number of aliphatic carboxylic acids is 1. The van der Waals surface area contributed by atoms with Crippen LogP contribution in [0, 0.1) is 0 Å². The summed E-state index contributed by atoms with van der Waals surface area (Å²) in [5, 5.41) is 11.5. The van der Waals surface area contributed by atoms with Crippen molar-refractivity contribution in [2.75, 3.05) is 20.3 Å². The quantitative estimate of drug-likeness (QED) is 0.746. The molecule has 5 nitrogen and oxygen atoms in total. The molecule has 1 aromatic carbocycles. The Morgan fingerprint density at radius 2 is 2.06 bits per heavy atom. The van der Waals surface area contributed by atoms with Crippen LogP contribution in [0.1, 0.15) is 6.92 Å². The molecule has 0 bridgehead atoms. The molecule has 0 saturated heterocycles. The number of benzene rings is 1. The van der Waals surface area contributed by atoms with E-state index in [4.69, 9.17) is 14.6 Å². The Kier molecular flexibility index (Phi) is 5.29. The van der Waals surface area contributed by atoms with E-state index in [1.54, 1.807) is 25.2 Å². The highest BCUT2D eigenvalue weighted by Gasteiger charge is 2.15. The molecule has 0 aliphatic heterocycles. The molecule has 0 amide bonds. The maximum absolute atomic E-state index is 10.8. The van der Waals surface area contributed by atoms with Crippen LogP contribution in [0.4, 0.5) is 0 Å². The van der Waals surface area contributed by atoms with Crippen molar-refractivity contribution in [1.82, 2.24) is 5.32 Å². The molecule has 5 heteroatoms. The Bertz CT molecular complexity index is 367. The summed E-state index contributed by atoms with van der Waals surface area (Å²) in [6.45, 7) is 2.55. The smallest absolute Gasteiger partial charge is 0.324 e. The van der Waals surface area contributed by atoms with Crippen LogP contribution in [0.3, 0.4) is 0 Å². The number of hydrogen-bond donors (Lipinski definition) is 2. The molecular weight excluding hydrogens is 222 g/mol. The van der Waals surface area contributed by atoms with Crippen LogP contribution in [-0.2, 0) is 4.79 Å². The fourth-order valence-electron chi connectivity index (χ4n) is 1.28. The normalized spacial score (nSPS) is 11.9.